The second-order valence-electron chi connectivity index (χ2n) is 10.1. The summed E-state index contributed by atoms with van der Waals surface area (Å²) in [6, 6.07) is 5.99. The molecule has 5 rings (SSSR count). The van der Waals surface area contributed by atoms with Crippen LogP contribution in [0.4, 0.5) is 0 Å². The Labute approximate surface area is 218 Å². The van der Waals surface area contributed by atoms with Gasteiger partial charge in [0.25, 0.3) is 5.56 Å². The molecule has 2 aliphatic rings. The lowest BCUT2D eigenvalue weighted by Crippen LogP contribution is -2.41. The molecule has 0 radical (unpaired) electrons. The first-order valence-corrected chi connectivity index (χ1v) is 13.3. The number of hydrogen-bond acceptors (Lipinski definition) is 7. The summed E-state index contributed by atoms with van der Waals surface area (Å²) in [5, 5.41) is 4.87. The molecule has 8 nitrogen and oxygen atoms in total. The highest BCUT2D eigenvalue weighted by molar-refractivity contribution is 5.95. The molecular weight excluding hydrogens is 468 g/mol. The Kier molecular flexibility index (Phi) is 8.08. The number of benzene rings is 1. The lowest BCUT2D eigenvalue weighted by molar-refractivity contribution is -0.0529. The van der Waals surface area contributed by atoms with Crippen LogP contribution >= 0.6 is 0 Å². The predicted octanol–water partition coefficient (Wildman–Crippen LogP) is 3.39. The van der Waals surface area contributed by atoms with Crippen molar-refractivity contribution < 1.29 is 14.2 Å². The standard InChI is InChI=1S/C29H38N4O4/c1-32-19-26(23-6-12-31-18-25(23)29(32)34)20-16-27(35-2)24(28(17-20)36-3)9-15-33-13-7-22(8-14-33)37-21-4-10-30-11-5-21/h6,12,16-19,21-22,30H,4-5,7-11,13-15H2,1-3H3. The van der Waals surface area contributed by atoms with Crippen molar-refractivity contribution in [3.63, 3.8) is 0 Å². The SMILES string of the molecule is COc1cc(-c2cn(C)c(=O)c3cnccc23)cc(OC)c1CCN1CCC(OC2CCNCC2)CC1. The predicted molar refractivity (Wildman–Crippen MR) is 146 cm³/mol. The number of likely N-dealkylation sites (tertiary alicyclic amines) is 1. The van der Waals surface area contributed by atoms with Crippen molar-refractivity contribution in [1.29, 1.82) is 0 Å². The molecule has 198 valence electrons. The Morgan fingerprint density at radius 2 is 1.68 bits per heavy atom. The van der Waals surface area contributed by atoms with E-state index in [1.165, 1.54) is 0 Å². The van der Waals surface area contributed by atoms with Gasteiger partial charge in [0, 0.05) is 56.4 Å². The molecule has 2 aliphatic heterocycles. The van der Waals surface area contributed by atoms with Crippen molar-refractivity contribution in [2.75, 3.05) is 46.9 Å². The van der Waals surface area contributed by atoms with Crippen LogP contribution in [0.25, 0.3) is 21.9 Å². The van der Waals surface area contributed by atoms with E-state index in [4.69, 9.17) is 14.2 Å². The highest BCUT2D eigenvalue weighted by atomic mass is 16.5. The number of methoxy groups -OCH3 is 2. The minimum atomic E-state index is -0.0627. The Balaban J connectivity index is 1.31. The quantitative estimate of drug-likeness (QED) is 0.502. The maximum absolute atomic E-state index is 12.6. The zero-order valence-corrected chi connectivity index (χ0v) is 22.2. The zero-order chi connectivity index (χ0) is 25.8. The molecule has 2 fully saturated rings. The summed E-state index contributed by atoms with van der Waals surface area (Å²) in [6.45, 7) is 5.19. The molecule has 2 saturated heterocycles. The van der Waals surface area contributed by atoms with E-state index < -0.39 is 0 Å². The Hall–Kier alpha value is -2.94. The number of aromatic nitrogens is 2. The van der Waals surface area contributed by atoms with E-state index in [0.29, 0.717) is 17.6 Å². The third-order valence-corrected chi connectivity index (χ3v) is 7.79. The lowest BCUT2D eigenvalue weighted by atomic mass is 9.97. The van der Waals surface area contributed by atoms with Gasteiger partial charge in [0.15, 0.2) is 0 Å². The van der Waals surface area contributed by atoms with Crippen LogP contribution < -0.4 is 20.3 Å². The number of hydrogen-bond donors (Lipinski definition) is 1. The summed E-state index contributed by atoms with van der Waals surface area (Å²) in [5.74, 6) is 1.60. The van der Waals surface area contributed by atoms with E-state index in [2.05, 4.69) is 27.3 Å². The second kappa shape index (κ2) is 11.6. The number of pyridine rings is 2. The fraction of sp³-hybridized carbons (Fsp3) is 0.517. The van der Waals surface area contributed by atoms with Gasteiger partial charge in [0.2, 0.25) is 0 Å². The van der Waals surface area contributed by atoms with E-state index in [0.717, 1.165) is 98.4 Å². The van der Waals surface area contributed by atoms with Gasteiger partial charge in [0.1, 0.15) is 11.5 Å². The average molecular weight is 507 g/mol. The van der Waals surface area contributed by atoms with Gasteiger partial charge in [-0.25, -0.2) is 0 Å². The Bertz CT molecular complexity index is 1250. The molecule has 0 atom stereocenters. The fourth-order valence-corrected chi connectivity index (χ4v) is 5.67. The number of nitrogens with zero attached hydrogens (tertiary/aromatic N) is 3. The summed E-state index contributed by atoms with van der Waals surface area (Å²) < 4.78 is 19.7. The van der Waals surface area contributed by atoms with Gasteiger partial charge in [0.05, 0.1) is 31.8 Å². The van der Waals surface area contributed by atoms with Crippen LogP contribution in [-0.2, 0) is 18.2 Å². The number of ether oxygens (including phenoxy) is 3. The fourth-order valence-electron chi connectivity index (χ4n) is 5.67. The monoisotopic (exact) mass is 506 g/mol. The highest BCUT2D eigenvalue weighted by Gasteiger charge is 2.24. The molecule has 0 aliphatic carbocycles. The van der Waals surface area contributed by atoms with Crippen molar-refractivity contribution in [2.45, 2.75) is 44.3 Å². The van der Waals surface area contributed by atoms with Gasteiger partial charge in [-0.2, -0.15) is 0 Å². The van der Waals surface area contributed by atoms with E-state index in [1.807, 2.05) is 12.3 Å². The van der Waals surface area contributed by atoms with Gasteiger partial charge < -0.3 is 29.0 Å². The van der Waals surface area contributed by atoms with Gasteiger partial charge in [-0.1, -0.05) is 0 Å². The van der Waals surface area contributed by atoms with Crippen molar-refractivity contribution in [2.24, 2.45) is 7.05 Å². The highest BCUT2D eigenvalue weighted by Crippen LogP contribution is 2.37. The molecule has 0 bridgehead atoms. The van der Waals surface area contributed by atoms with E-state index in [1.54, 1.807) is 38.2 Å². The summed E-state index contributed by atoms with van der Waals surface area (Å²) in [6.07, 6.45) is 11.3. The van der Waals surface area contributed by atoms with Crippen LogP contribution in [0.3, 0.4) is 0 Å². The van der Waals surface area contributed by atoms with Crippen molar-refractivity contribution in [3.05, 3.63) is 52.7 Å². The Morgan fingerprint density at radius 3 is 2.35 bits per heavy atom. The molecule has 8 heteroatoms. The maximum Gasteiger partial charge on any atom is 0.259 e. The van der Waals surface area contributed by atoms with Gasteiger partial charge >= 0.3 is 0 Å². The normalized spacial score (nSPS) is 17.8. The van der Waals surface area contributed by atoms with Crippen molar-refractivity contribution >= 4 is 10.8 Å². The van der Waals surface area contributed by atoms with Gasteiger partial charge in [-0.05, 0) is 74.3 Å². The summed E-state index contributed by atoms with van der Waals surface area (Å²) in [5.41, 5.74) is 2.89. The van der Waals surface area contributed by atoms with Gasteiger partial charge in [-0.3, -0.25) is 9.78 Å². The lowest BCUT2D eigenvalue weighted by Gasteiger charge is -2.35. The maximum atomic E-state index is 12.6. The van der Waals surface area contributed by atoms with Crippen LogP contribution in [0.5, 0.6) is 11.5 Å². The molecule has 0 spiro atoms. The molecule has 1 N–H and O–H groups in total. The first kappa shape index (κ1) is 25.7. The van der Waals surface area contributed by atoms with Crippen molar-refractivity contribution in [3.8, 4) is 22.6 Å². The number of piperidine rings is 2. The molecule has 0 unspecified atom stereocenters. The van der Waals surface area contributed by atoms with E-state index in [-0.39, 0.29) is 5.56 Å². The zero-order valence-electron chi connectivity index (χ0n) is 22.2. The van der Waals surface area contributed by atoms with Crippen LogP contribution in [-0.4, -0.2) is 73.6 Å². The molecular formula is C29H38N4O4. The molecule has 4 heterocycles. The number of rotatable bonds is 8. The summed E-state index contributed by atoms with van der Waals surface area (Å²) in [7, 11) is 5.17. The van der Waals surface area contributed by atoms with Crippen molar-refractivity contribution in [1.82, 2.24) is 19.8 Å². The minimum absolute atomic E-state index is 0.0627. The number of aryl methyl sites for hydroxylation is 1. The molecule has 1 aromatic carbocycles. The molecule has 0 saturated carbocycles. The van der Waals surface area contributed by atoms with Crippen LogP contribution in [0.2, 0.25) is 0 Å². The Morgan fingerprint density at radius 1 is 1.00 bits per heavy atom. The smallest absolute Gasteiger partial charge is 0.259 e. The van der Waals surface area contributed by atoms with E-state index >= 15 is 0 Å². The first-order valence-electron chi connectivity index (χ1n) is 13.3. The second-order valence-corrected chi connectivity index (χ2v) is 10.1. The van der Waals surface area contributed by atoms with Gasteiger partial charge in [-0.15, -0.1) is 0 Å². The van der Waals surface area contributed by atoms with Crippen LogP contribution in [0.15, 0.2) is 41.6 Å². The average Bonchev–Trinajstić information content (AvgIpc) is 2.94. The molecule has 2 aromatic heterocycles. The first-order chi connectivity index (χ1) is 18.1. The summed E-state index contributed by atoms with van der Waals surface area (Å²) >= 11 is 0. The third kappa shape index (κ3) is 5.66. The van der Waals surface area contributed by atoms with Crippen LogP contribution in [0, 0.1) is 0 Å². The van der Waals surface area contributed by atoms with E-state index in [9.17, 15) is 4.79 Å². The number of fused-ring (bicyclic) bond motifs is 1. The largest absolute Gasteiger partial charge is 0.496 e. The molecule has 3 aromatic rings. The van der Waals surface area contributed by atoms with Crippen LogP contribution in [0.1, 0.15) is 31.2 Å². The number of nitrogens with one attached hydrogen (secondary N) is 1. The summed E-state index contributed by atoms with van der Waals surface area (Å²) in [4.78, 5) is 19.3. The molecule has 37 heavy (non-hydrogen) atoms. The molecule has 0 amide bonds. The third-order valence-electron chi connectivity index (χ3n) is 7.79. The topological polar surface area (TPSA) is 77.9 Å². The minimum Gasteiger partial charge on any atom is -0.496 e.